The Bertz CT molecular complexity index is 1040. The van der Waals surface area contributed by atoms with Crippen LogP contribution in [-0.2, 0) is 0 Å². The maximum absolute atomic E-state index is 11.0. The third-order valence-corrected chi connectivity index (χ3v) is 5.51. The second kappa shape index (κ2) is 7.24. The van der Waals surface area contributed by atoms with Gasteiger partial charge in [-0.25, -0.2) is 0 Å². The van der Waals surface area contributed by atoms with E-state index in [1.165, 1.54) is 19.1 Å². The van der Waals surface area contributed by atoms with Crippen molar-refractivity contribution in [2.24, 2.45) is 0 Å². The molecule has 2 unspecified atom stereocenters. The molecular formula is C17H11B3Br2O5. The maximum Gasteiger partial charge on any atom is 0.143 e. The minimum atomic E-state index is -1.30. The van der Waals surface area contributed by atoms with Crippen LogP contribution in [0.4, 0.5) is 0 Å². The van der Waals surface area contributed by atoms with E-state index in [9.17, 15) is 20.4 Å². The average Bonchev–Trinajstić information content (AvgIpc) is 3.02. The zero-order valence-electron chi connectivity index (χ0n) is 14.0. The number of fused-ring (bicyclic) bond motifs is 1. The number of hydrogen-bond donors (Lipinski definition) is 4. The molecule has 27 heavy (non-hydrogen) atoms. The highest BCUT2D eigenvalue weighted by atomic mass is 79.9. The zero-order chi connectivity index (χ0) is 20.2. The topological polar surface area (TPSA) is 94.1 Å². The highest BCUT2D eigenvalue weighted by Crippen LogP contribution is 2.40. The molecule has 0 aliphatic carbocycles. The molecule has 132 valence electrons. The Balaban J connectivity index is 2.38. The molecule has 3 aromatic rings. The van der Waals surface area contributed by atoms with E-state index in [4.69, 9.17) is 28.0 Å². The summed E-state index contributed by atoms with van der Waals surface area (Å²) in [6.07, 6.45) is -2.40. The number of aliphatic hydroxyl groups excluding tert-OH is 2. The van der Waals surface area contributed by atoms with Gasteiger partial charge in [0.2, 0.25) is 0 Å². The largest absolute Gasteiger partial charge is 0.509 e. The number of aliphatic hydroxyl groups is 2. The van der Waals surface area contributed by atoms with Crippen LogP contribution in [0.3, 0.4) is 0 Å². The second-order valence-electron chi connectivity index (χ2n) is 6.09. The van der Waals surface area contributed by atoms with Crippen LogP contribution in [0.2, 0.25) is 0 Å². The lowest BCUT2D eigenvalue weighted by Gasteiger charge is -2.17. The van der Waals surface area contributed by atoms with E-state index in [1.807, 2.05) is 0 Å². The summed E-state index contributed by atoms with van der Waals surface area (Å²) in [6, 6.07) is 3.03. The summed E-state index contributed by atoms with van der Waals surface area (Å²) in [7, 11) is 17.8. The van der Waals surface area contributed by atoms with Crippen LogP contribution in [0, 0.1) is 0 Å². The molecule has 4 N–H and O–H groups in total. The molecule has 0 bridgehead atoms. The number of furan rings is 1. The van der Waals surface area contributed by atoms with Crippen LogP contribution in [0.25, 0.3) is 11.0 Å². The van der Waals surface area contributed by atoms with Crippen LogP contribution >= 0.6 is 31.9 Å². The quantitative estimate of drug-likeness (QED) is 0.412. The van der Waals surface area contributed by atoms with E-state index in [0.29, 0.717) is 14.5 Å². The number of aromatic hydroxyl groups is 2. The number of hydrogen-bond acceptors (Lipinski definition) is 5. The van der Waals surface area contributed by atoms with Gasteiger partial charge in [0, 0.05) is 10.9 Å². The minimum Gasteiger partial charge on any atom is -0.509 e. The number of phenolic OH excluding ortho intramolecular Hbond substituents is 2. The number of benzene rings is 2. The summed E-state index contributed by atoms with van der Waals surface area (Å²) in [5, 5.41) is 41.3. The summed E-state index contributed by atoms with van der Waals surface area (Å²) >= 11 is 6.42. The van der Waals surface area contributed by atoms with E-state index in [-0.39, 0.29) is 44.4 Å². The lowest BCUT2D eigenvalue weighted by molar-refractivity contribution is 0.160. The van der Waals surface area contributed by atoms with Crippen LogP contribution in [0.5, 0.6) is 11.5 Å². The van der Waals surface area contributed by atoms with Crippen molar-refractivity contribution in [3.63, 3.8) is 0 Å². The normalized spacial score (nSPS) is 13.8. The van der Waals surface area contributed by atoms with Crippen molar-refractivity contribution in [3.8, 4) is 11.5 Å². The SMILES string of the molecule is [B]c1c(O)c([B])c2oc(C(C)O)c(C(O)c3cc(Br)c(O)c(Br)c3)c2c1[B]. The minimum absolute atomic E-state index is 0.0149. The third kappa shape index (κ3) is 3.22. The summed E-state index contributed by atoms with van der Waals surface area (Å²) in [5.41, 5.74) is 0.227. The fourth-order valence-corrected chi connectivity index (χ4v) is 4.15. The van der Waals surface area contributed by atoms with Crippen molar-refractivity contribution in [1.82, 2.24) is 0 Å². The van der Waals surface area contributed by atoms with Gasteiger partial charge in [0.05, 0.1) is 8.95 Å². The molecule has 1 aromatic heterocycles. The van der Waals surface area contributed by atoms with Gasteiger partial charge >= 0.3 is 0 Å². The molecule has 6 radical (unpaired) electrons. The van der Waals surface area contributed by atoms with Crippen LogP contribution in [0.15, 0.2) is 25.5 Å². The van der Waals surface area contributed by atoms with Gasteiger partial charge in [-0.2, -0.15) is 0 Å². The molecule has 0 saturated carbocycles. The molecule has 0 amide bonds. The maximum atomic E-state index is 11.0. The molecule has 0 aliphatic heterocycles. The van der Waals surface area contributed by atoms with Gasteiger partial charge in [-0.1, -0.05) is 10.9 Å². The van der Waals surface area contributed by atoms with Gasteiger partial charge in [0.1, 0.15) is 58.6 Å². The van der Waals surface area contributed by atoms with Gasteiger partial charge in [-0.3, -0.25) is 0 Å². The molecular weight excluding hydrogens is 476 g/mol. The Morgan fingerprint density at radius 1 is 0.926 bits per heavy atom. The zero-order valence-corrected chi connectivity index (χ0v) is 17.2. The first-order valence-corrected chi connectivity index (χ1v) is 9.30. The van der Waals surface area contributed by atoms with Crippen molar-refractivity contribution in [1.29, 1.82) is 0 Å². The van der Waals surface area contributed by atoms with Gasteiger partial charge in [-0.15, -0.1) is 0 Å². The molecule has 0 spiro atoms. The molecule has 5 nitrogen and oxygen atoms in total. The lowest BCUT2D eigenvalue weighted by Crippen LogP contribution is -2.32. The second-order valence-corrected chi connectivity index (χ2v) is 7.79. The molecule has 2 atom stereocenters. The van der Waals surface area contributed by atoms with E-state index in [2.05, 4.69) is 31.9 Å². The van der Waals surface area contributed by atoms with E-state index < -0.39 is 18.0 Å². The standard InChI is InChI=1S/C17H11B3Br2O5/c1-4(23)16-9(13(24)5-2-6(21)14(25)7(22)3-5)8-10(18)11(19)15(26)12(20)17(8)27-16/h2-4,13,23-26H,1H3. The molecule has 0 fully saturated rings. The van der Waals surface area contributed by atoms with Crippen molar-refractivity contribution >= 4 is 82.8 Å². The van der Waals surface area contributed by atoms with Gasteiger partial charge in [0.15, 0.2) is 0 Å². The number of phenols is 2. The van der Waals surface area contributed by atoms with Crippen LogP contribution in [0.1, 0.15) is 36.0 Å². The predicted octanol–water partition coefficient (Wildman–Crippen LogP) is 0.885. The molecule has 1 heterocycles. The van der Waals surface area contributed by atoms with Crippen LogP contribution in [-0.4, -0.2) is 44.0 Å². The number of halogens is 2. The van der Waals surface area contributed by atoms with E-state index in [1.54, 1.807) is 0 Å². The van der Waals surface area contributed by atoms with E-state index in [0.717, 1.165) is 0 Å². The summed E-state index contributed by atoms with van der Waals surface area (Å²) in [4.78, 5) is 0. The summed E-state index contributed by atoms with van der Waals surface area (Å²) in [6.45, 7) is 1.45. The monoisotopic (exact) mass is 486 g/mol. The van der Waals surface area contributed by atoms with Crippen molar-refractivity contribution < 1.29 is 24.8 Å². The van der Waals surface area contributed by atoms with Gasteiger partial charge < -0.3 is 24.8 Å². The smallest absolute Gasteiger partial charge is 0.143 e. The fourth-order valence-electron chi connectivity index (χ4n) is 2.92. The lowest BCUT2D eigenvalue weighted by atomic mass is 9.72. The van der Waals surface area contributed by atoms with Gasteiger partial charge in [-0.05, 0) is 61.9 Å². The molecule has 0 saturated heterocycles. The molecule has 10 heteroatoms. The summed E-state index contributed by atoms with van der Waals surface area (Å²) < 4.78 is 6.33. The first-order chi connectivity index (χ1) is 12.6. The Morgan fingerprint density at radius 3 is 2.00 bits per heavy atom. The molecule has 3 rings (SSSR count). The Kier molecular flexibility index (Phi) is 5.47. The fraction of sp³-hybridized carbons (Fsp3) is 0.176. The van der Waals surface area contributed by atoms with Crippen LogP contribution < -0.4 is 16.4 Å². The predicted molar refractivity (Wildman–Crippen MR) is 112 cm³/mol. The highest BCUT2D eigenvalue weighted by Gasteiger charge is 2.29. The first kappa shape index (κ1) is 20.4. The molecule has 0 aliphatic rings. The Hall–Kier alpha value is -1.35. The molecule has 2 aromatic carbocycles. The third-order valence-electron chi connectivity index (χ3n) is 4.30. The van der Waals surface area contributed by atoms with Crippen molar-refractivity contribution in [2.45, 2.75) is 19.1 Å². The van der Waals surface area contributed by atoms with Crippen molar-refractivity contribution in [3.05, 3.63) is 38.0 Å². The van der Waals surface area contributed by atoms with Crippen molar-refractivity contribution in [2.75, 3.05) is 0 Å². The first-order valence-electron chi connectivity index (χ1n) is 7.71. The van der Waals surface area contributed by atoms with E-state index >= 15 is 0 Å². The number of rotatable bonds is 3. The average molecular weight is 488 g/mol. The summed E-state index contributed by atoms with van der Waals surface area (Å²) in [5.74, 6) is -0.431. The Morgan fingerprint density at radius 2 is 1.48 bits per heavy atom. The highest BCUT2D eigenvalue weighted by molar-refractivity contribution is 9.11. The van der Waals surface area contributed by atoms with Gasteiger partial charge in [0.25, 0.3) is 0 Å². The Labute approximate surface area is 175 Å².